The van der Waals surface area contributed by atoms with E-state index in [0.717, 1.165) is 6.20 Å². The van der Waals surface area contributed by atoms with Gasteiger partial charge in [-0.1, -0.05) is 0 Å². The third-order valence-electron chi connectivity index (χ3n) is 4.68. The van der Waals surface area contributed by atoms with Crippen molar-refractivity contribution in [2.24, 2.45) is 0 Å². The molecular formula is C21H25F3N6O2. The minimum absolute atomic E-state index is 0.0387. The van der Waals surface area contributed by atoms with E-state index in [2.05, 4.69) is 25.7 Å². The summed E-state index contributed by atoms with van der Waals surface area (Å²) in [5.41, 5.74) is -0.868. The van der Waals surface area contributed by atoms with Crippen molar-refractivity contribution >= 4 is 22.6 Å². The molecule has 3 heterocycles. The molecule has 1 unspecified atom stereocenters. The van der Waals surface area contributed by atoms with Gasteiger partial charge in [-0.2, -0.15) is 9.78 Å². The van der Waals surface area contributed by atoms with E-state index in [-0.39, 0.29) is 23.7 Å². The molecule has 0 spiro atoms. The predicted octanol–water partition coefficient (Wildman–Crippen LogP) is 3.41. The van der Waals surface area contributed by atoms with Crippen molar-refractivity contribution in [1.82, 2.24) is 25.1 Å². The number of aromatic nitrogens is 4. The van der Waals surface area contributed by atoms with Gasteiger partial charge in [0.05, 0.1) is 29.6 Å². The molecule has 0 bridgehead atoms. The molecule has 0 fully saturated rings. The van der Waals surface area contributed by atoms with Crippen LogP contribution in [-0.4, -0.2) is 55.1 Å². The van der Waals surface area contributed by atoms with Crippen LogP contribution < -0.4 is 10.6 Å². The molecule has 0 saturated carbocycles. The molecule has 0 aliphatic rings. The molecule has 3 rings (SSSR count). The van der Waals surface area contributed by atoms with E-state index < -0.39 is 24.1 Å². The van der Waals surface area contributed by atoms with E-state index in [0.29, 0.717) is 22.5 Å². The summed E-state index contributed by atoms with van der Waals surface area (Å²) in [5.74, 6) is -0.249. The number of amides is 1. The van der Waals surface area contributed by atoms with Crippen LogP contribution in [0.1, 0.15) is 50.0 Å². The van der Waals surface area contributed by atoms with Gasteiger partial charge in [0.25, 0.3) is 12.3 Å². The number of hydrogen-bond donors (Lipinski definition) is 3. The van der Waals surface area contributed by atoms with Crippen molar-refractivity contribution in [2.45, 2.75) is 51.9 Å². The second-order valence-electron chi connectivity index (χ2n) is 8.26. The Kier molecular flexibility index (Phi) is 6.68. The van der Waals surface area contributed by atoms with Crippen LogP contribution in [0.2, 0.25) is 0 Å². The number of anilines is 1. The van der Waals surface area contributed by atoms with Crippen LogP contribution >= 0.6 is 0 Å². The van der Waals surface area contributed by atoms with Gasteiger partial charge in [-0.05, 0) is 33.8 Å². The number of carbonyl (C=O) groups is 1. The number of halogens is 3. The molecule has 0 aromatic carbocycles. The first-order valence-electron chi connectivity index (χ1n) is 10.0. The Bertz CT molecular complexity index is 1110. The lowest BCUT2D eigenvalue weighted by Crippen LogP contribution is -2.42. The standard InChI is InChI=1S/C21H25F3N6O2/c1-11(2)29-15-6-17(25-9-14(15)20(31)27-10-16(22)21(3,4)32)30-19-13(8-28-30)5-12(7-26-19)18(23)24/h5-9,11,16,18,32H,10H2,1-4H3,(H,25,29)(H,27,31). The third kappa shape index (κ3) is 5.16. The summed E-state index contributed by atoms with van der Waals surface area (Å²) in [6, 6.07) is 2.84. The number of nitrogens with zero attached hydrogens (tertiary/aromatic N) is 4. The summed E-state index contributed by atoms with van der Waals surface area (Å²) in [6.07, 6.45) is -0.498. The largest absolute Gasteiger partial charge is 0.387 e. The SMILES string of the molecule is CC(C)Nc1cc(-n2ncc3cc(C(F)F)cnc32)ncc1C(=O)NCC(F)C(C)(C)O. The highest BCUT2D eigenvalue weighted by atomic mass is 19.3. The molecule has 3 N–H and O–H groups in total. The summed E-state index contributed by atoms with van der Waals surface area (Å²) >= 11 is 0. The van der Waals surface area contributed by atoms with Crippen LogP contribution in [0.5, 0.6) is 0 Å². The van der Waals surface area contributed by atoms with Crippen molar-refractivity contribution in [3.8, 4) is 5.82 Å². The summed E-state index contributed by atoms with van der Waals surface area (Å²) in [5, 5.41) is 19.9. The number of pyridine rings is 2. The van der Waals surface area contributed by atoms with Gasteiger partial charge in [-0.25, -0.2) is 23.1 Å². The second-order valence-corrected chi connectivity index (χ2v) is 8.26. The maximum Gasteiger partial charge on any atom is 0.265 e. The van der Waals surface area contributed by atoms with Gasteiger partial charge >= 0.3 is 0 Å². The van der Waals surface area contributed by atoms with Gasteiger partial charge in [-0.3, -0.25) is 4.79 Å². The molecule has 0 aliphatic heterocycles. The maximum atomic E-state index is 14.0. The van der Waals surface area contributed by atoms with Gasteiger partial charge in [0.1, 0.15) is 6.17 Å². The number of alkyl halides is 3. The zero-order valence-electron chi connectivity index (χ0n) is 18.1. The number of rotatable bonds is 8. The fourth-order valence-electron chi connectivity index (χ4n) is 2.92. The first-order valence-corrected chi connectivity index (χ1v) is 10.0. The fraction of sp³-hybridized carbons (Fsp3) is 0.429. The van der Waals surface area contributed by atoms with Crippen LogP contribution in [0.15, 0.2) is 30.7 Å². The van der Waals surface area contributed by atoms with Crippen molar-refractivity contribution in [3.05, 3.63) is 41.9 Å². The summed E-state index contributed by atoms with van der Waals surface area (Å²) in [7, 11) is 0. The first kappa shape index (κ1) is 23.5. The second kappa shape index (κ2) is 9.11. The van der Waals surface area contributed by atoms with Crippen LogP contribution in [-0.2, 0) is 0 Å². The monoisotopic (exact) mass is 450 g/mol. The van der Waals surface area contributed by atoms with E-state index in [1.54, 1.807) is 6.07 Å². The first-order chi connectivity index (χ1) is 15.0. The van der Waals surface area contributed by atoms with Gasteiger partial charge in [0, 0.05) is 35.5 Å². The van der Waals surface area contributed by atoms with Crippen molar-refractivity contribution in [1.29, 1.82) is 0 Å². The van der Waals surface area contributed by atoms with Crippen LogP contribution in [0, 0.1) is 0 Å². The minimum atomic E-state index is -2.65. The average Bonchev–Trinajstić information content (AvgIpc) is 3.13. The molecule has 1 atom stereocenters. The smallest absolute Gasteiger partial charge is 0.265 e. The molecule has 0 radical (unpaired) electrons. The number of aliphatic hydroxyl groups is 1. The van der Waals surface area contributed by atoms with Gasteiger partial charge in [0.15, 0.2) is 11.5 Å². The van der Waals surface area contributed by atoms with E-state index in [1.165, 1.54) is 37.0 Å². The van der Waals surface area contributed by atoms with Crippen molar-refractivity contribution < 1.29 is 23.1 Å². The number of hydrogen-bond acceptors (Lipinski definition) is 6. The lowest BCUT2D eigenvalue weighted by molar-refractivity contribution is -0.00177. The molecule has 32 heavy (non-hydrogen) atoms. The molecule has 11 heteroatoms. The highest BCUT2D eigenvalue weighted by Crippen LogP contribution is 2.25. The number of nitrogens with one attached hydrogen (secondary N) is 2. The summed E-state index contributed by atoms with van der Waals surface area (Å²) < 4.78 is 41.3. The van der Waals surface area contributed by atoms with Gasteiger partial charge in [-0.15, -0.1) is 0 Å². The number of carbonyl (C=O) groups excluding carboxylic acids is 1. The molecule has 172 valence electrons. The predicted molar refractivity (Wildman–Crippen MR) is 114 cm³/mol. The van der Waals surface area contributed by atoms with Crippen LogP contribution in [0.3, 0.4) is 0 Å². The van der Waals surface area contributed by atoms with E-state index in [4.69, 9.17) is 0 Å². The minimum Gasteiger partial charge on any atom is -0.387 e. The quantitative estimate of drug-likeness (QED) is 0.486. The molecule has 8 nitrogen and oxygen atoms in total. The van der Waals surface area contributed by atoms with Crippen LogP contribution in [0.25, 0.3) is 16.9 Å². The molecule has 3 aromatic heterocycles. The van der Waals surface area contributed by atoms with Gasteiger partial charge < -0.3 is 15.7 Å². The zero-order valence-corrected chi connectivity index (χ0v) is 18.1. The Morgan fingerprint density at radius 1 is 1.16 bits per heavy atom. The van der Waals surface area contributed by atoms with Crippen molar-refractivity contribution in [2.75, 3.05) is 11.9 Å². The van der Waals surface area contributed by atoms with Gasteiger partial charge in [0.2, 0.25) is 0 Å². The van der Waals surface area contributed by atoms with Crippen molar-refractivity contribution in [3.63, 3.8) is 0 Å². The molecule has 1 amide bonds. The highest BCUT2D eigenvalue weighted by molar-refractivity contribution is 5.99. The summed E-state index contributed by atoms with van der Waals surface area (Å²) in [4.78, 5) is 21.0. The van der Waals surface area contributed by atoms with E-state index in [1.807, 2.05) is 13.8 Å². The Hall–Kier alpha value is -3.21. The topological polar surface area (TPSA) is 105 Å². The lowest BCUT2D eigenvalue weighted by atomic mass is 10.0. The highest BCUT2D eigenvalue weighted by Gasteiger charge is 2.27. The molecule has 3 aromatic rings. The Labute approximate surface area is 182 Å². The zero-order chi connectivity index (χ0) is 23.6. The third-order valence-corrected chi connectivity index (χ3v) is 4.68. The van der Waals surface area contributed by atoms with E-state index >= 15 is 0 Å². The average molecular weight is 450 g/mol. The van der Waals surface area contributed by atoms with E-state index in [9.17, 15) is 23.1 Å². The molecule has 0 aliphatic carbocycles. The Balaban J connectivity index is 1.93. The number of fused-ring (bicyclic) bond motifs is 1. The Morgan fingerprint density at radius 2 is 1.88 bits per heavy atom. The summed E-state index contributed by atoms with van der Waals surface area (Å²) in [6.45, 7) is 6.03. The fourth-order valence-corrected chi connectivity index (χ4v) is 2.92. The molecule has 0 saturated heterocycles. The maximum absolute atomic E-state index is 14.0. The normalized spacial score (nSPS) is 13.1. The molecular weight excluding hydrogens is 425 g/mol. The lowest BCUT2D eigenvalue weighted by Gasteiger charge is -2.23. The van der Waals surface area contributed by atoms with Crippen LogP contribution in [0.4, 0.5) is 18.9 Å². The Morgan fingerprint density at radius 3 is 2.50 bits per heavy atom.